The van der Waals surface area contributed by atoms with E-state index in [1.807, 2.05) is 30.3 Å². The summed E-state index contributed by atoms with van der Waals surface area (Å²) in [5, 5.41) is 8.12. The van der Waals surface area contributed by atoms with Crippen molar-refractivity contribution in [2.75, 3.05) is 7.11 Å². The lowest BCUT2D eigenvalue weighted by Crippen LogP contribution is -1.92. The molecule has 0 aliphatic carbocycles. The van der Waals surface area contributed by atoms with E-state index in [0.717, 1.165) is 10.0 Å². The molecule has 0 unspecified atom stereocenters. The summed E-state index contributed by atoms with van der Waals surface area (Å²) in [4.78, 5) is 4.14. The maximum atomic E-state index is 5.71. The number of hydrogen-bond donors (Lipinski definition) is 0. The second-order valence-corrected chi connectivity index (χ2v) is 4.81. The standard InChI is InChI=1S/C14H10BrN3O2/c1-19-13-11(10(15)7-8-16-13)14-18-17-12(20-14)9-5-3-2-4-6-9/h2-8H,1H3. The lowest BCUT2D eigenvalue weighted by Gasteiger charge is -2.04. The normalized spacial score (nSPS) is 10.5. The average molecular weight is 332 g/mol. The van der Waals surface area contributed by atoms with Crippen LogP contribution < -0.4 is 4.74 Å². The van der Waals surface area contributed by atoms with E-state index in [-0.39, 0.29) is 0 Å². The van der Waals surface area contributed by atoms with Crippen molar-refractivity contribution < 1.29 is 9.15 Å². The third kappa shape index (κ3) is 2.30. The zero-order valence-electron chi connectivity index (χ0n) is 10.6. The van der Waals surface area contributed by atoms with Gasteiger partial charge in [-0.2, -0.15) is 0 Å². The van der Waals surface area contributed by atoms with Crippen molar-refractivity contribution in [3.63, 3.8) is 0 Å². The minimum absolute atomic E-state index is 0.362. The highest BCUT2D eigenvalue weighted by Crippen LogP contribution is 2.35. The first-order chi connectivity index (χ1) is 9.79. The van der Waals surface area contributed by atoms with Crippen molar-refractivity contribution in [1.29, 1.82) is 0 Å². The van der Waals surface area contributed by atoms with Gasteiger partial charge in [-0.05, 0) is 34.1 Å². The molecule has 0 saturated carbocycles. The Morgan fingerprint density at radius 1 is 1.05 bits per heavy atom. The molecule has 2 heterocycles. The van der Waals surface area contributed by atoms with Crippen LogP contribution in [0.15, 0.2) is 51.5 Å². The Labute approximate surface area is 123 Å². The second kappa shape index (κ2) is 5.42. The Balaban J connectivity index is 2.07. The summed E-state index contributed by atoms with van der Waals surface area (Å²) in [6.07, 6.45) is 1.64. The summed E-state index contributed by atoms with van der Waals surface area (Å²) in [5.74, 6) is 1.25. The molecular formula is C14H10BrN3O2. The SMILES string of the molecule is COc1nccc(Br)c1-c1nnc(-c2ccccc2)o1. The molecule has 0 atom stereocenters. The van der Waals surface area contributed by atoms with Crippen molar-refractivity contribution in [3.05, 3.63) is 47.1 Å². The molecule has 0 aliphatic rings. The van der Waals surface area contributed by atoms with Gasteiger partial charge in [0.1, 0.15) is 5.56 Å². The van der Waals surface area contributed by atoms with Crippen LogP contribution in [0, 0.1) is 0 Å². The number of rotatable bonds is 3. The molecule has 0 fully saturated rings. The molecule has 6 heteroatoms. The van der Waals surface area contributed by atoms with E-state index in [0.29, 0.717) is 23.2 Å². The van der Waals surface area contributed by atoms with E-state index in [4.69, 9.17) is 9.15 Å². The monoisotopic (exact) mass is 331 g/mol. The number of ether oxygens (including phenoxy) is 1. The number of halogens is 1. The van der Waals surface area contributed by atoms with Crippen LogP contribution in [-0.4, -0.2) is 22.3 Å². The summed E-state index contributed by atoms with van der Waals surface area (Å²) >= 11 is 3.44. The van der Waals surface area contributed by atoms with Gasteiger partial charge in [-0.3, -0.25) is 0 Å². The molecule has 2 aromatic heterocycles. The van der Waals surface area contributed by atoms with Gasteiger partial charge in [0, 0.05) is 16.2 Å². The summed E-state index contributed by atoms with van der Waals surface area (Å²) in [7, 11) is 1.55. The Bertz CT molecular complexity index is 728. The van der Waals surface area contributed by atoms with Crippen LogP contribution in [0.2, 0.25) is 0 Å². The van der Waals surface area contributed by atoms with E-state index in [2.05, 4.69) is 31.1 Å². The number of methoxy groups -OCH3 is 1. The molecule has 100 valence electrons. The van der Waals surface area contributed by atoms with Gasteiger partial charge in [0.25, 0.3) is 5.89 Å². The van der Waals surface area contributed by atoms with E-state index < -0.39 is 0 Å². The number of nitrogens with zero attached hydrogens (tertiary/aromatic N) is 3. The maximum Gasteiger partial charge on any atom is 0.254 e. The lowest BCUT2D eigenvalue weighted by molar-refractivity contribution is 0.397. The fourth-order valence-electron chi connectivity index (χ4n) is 1.79. The highest BCUT2D eigenvalue weighted by atomic mass is 79.9. The fourth-order valence-corrected chi connectivity index (χ4v) is 2.25. The summed E-state index contributed by atoms with van der Waals surface area (Å²) < 4.78 is 11.7. The van der Waals surface area contributed by atoms with E-state index in [9.17, 15) is 0 Å². The predicted molar refractivity (Wildman–Crippen MR) is 77.2 cm³/mol. The largest absolute Gasteiger partial charge is 0.480 e. The van der Waals surface area contributed by atoms with Crippen molar-refractivity contribution in [1.82, 2.24) is 15.2 Å². The number of pyridine rings is 1. The van der Waals surface area contributed by atoms with Gasteiger partial charge in [-0.1, -0.05) is 18.2 Å². The van der Waals surface area contributed by atoms with Crippen molar-refractivity contribution in [3.8, 4) is 28.8 Å². The molecule has 0 spiro atoms. The van der Waals surface area contributed by atoms with Gasteiger partial charge < -0.3 is 9.15 Å². The van der Waals surface area contributed by atoms with Crippen molar-refractivity contribution in [2.24, 2.45) is 0 Å². The van der Waals surface area contributed by atoms with Gasteiger partial charge in [-0.25, -0.2) is 4.98 Å². The zero-order chi connectivity index (χ0) is 13.9. The number of aromatic nitrogens is 3. The predicted octanol–water partition coefficient (Wildman–Crippen LogP) is 3.57. The average Bonchev–Trinajstić information content (AvgIpc) is 2.97. The Morgan fingerprint density at radius 2 is 1.80 bits per heavy atom. The summed E-state index contributed by atoms with van der Waals surface area (Å²) in [6, 6.07) is 11.4. The van der Waals surface area contributed by atoms with Crippen molar-refractivity contribution in [2.45, 2.75) is 0 Å². The first-order valence-electron chi connectivity index (χ1n) is 5.87. The van der Waals surface area contributed by atoms with Crippen LogP contribution in [0.1, 0.15) is 0 Å². The molecule has 1 aromatic carbocycles. The van der Waals surface area contributed by atoms with Gasteiger partial charge in [-0.15, -0.1) is 10.2 Å². The van der Waals surface area contributed by atoms with E-state index in [1.165, 1.54) is 0 Å². The summed E-state index contributed by atoms with van der Waals surface area (Å²) in [5.41, 5.74) is 1.51. The molecule has 0 N–H and O–H groups in total. The highest BCUT2D eigenvalue weighted by molar-refractivity contribution is 9.10. The van der Waals surface area contributed by atoms with Crippen LogP contribution in [0.25, 0.3) is 22.9 Å². The molecular weight excluding hydrogens is 322 g/mol. The molecule has 3 rings (SSSR count). The summed E-state index contributed by atoms with van der Waals surface area (Å²) in [6.45, 7) is 0. The minimum Gasteiger partial charge on any atom is -0.480 e. The topological polar surface area (TPSA) is 61.0 Å². The van der Waals surface area contributed by atoms with Crippen LogP contribution in [0.5, 0.6) is 5.88 Å². The molecule has 0 aliphatic heterocycles. The molecule has 20 heavy (non-hydrogen) atoms. The van der Waals surface area contributed by atoms with Gasteiger partial charge >= 0.3 is 0 Å². The molecule has 0 amide bonds. The Morgan fingerprint density at radius 3 is 2.55 bits per heavy atom. The van der Waals surface area contributed by atoms with Gasteiger partial charge in [0.15, 0.2) is 0 Å². The Hall–Kier alpha value is -2.21. The minimum atomic E-state index is 0.362. The molecule has 3 aromatic rings. The zero-order valence-corrected chi connectivity index (χ0v) is 12.2. The highest BCUT2D eigenvalue weighted by Gasteiger charge is 2.18. The molecule has 0 saturated heterocycles. The van der Waals surface area contributed by atoms with Crippen LogP contribution >= 0.6 is 15.9 Å². The number of benzene rings is 1. The third-order valence-electron chi connectivity index (χ3n) is 2.72. The van der Waals surface area contributed by atoms with Crippen molar-refractivity contribution >= 4 is 15.9 Å². The van der Waals surface area contributed by atoms with Gasteiger partial charge in [0.05, 0.1) is 7.11 Å². The first kappa shape index (κ1) is 12.8. The number of hydrogen-bond acceptors (Lipinski definition) is 5. The second-order valence-electron chi connectivity index (χ2n) is 3.96. The third-order valence-corrected chi connectivity index (χ3v) is 3.38. The van der Waals surface area contributed by atoms with Crippen LogP contribution in [0.3, 0.4) is 0 Å². The van der Waals surface area contributed by atoms with Crippen LogP contribution in [-0.2, 0) is 0 Å². The van der Waals surface area contributed by atoms with E-state index >= 15 is 0 Å². The lowest BCUT2D eigenvalue weighted by atomic mass is 10.2. The molecule has 5 nitrogen and oxygen atoms in total. The molecule has 0 radical (unpaired) electrons. The fraction of sp³-hybridized carbons (Fsp3) is 0.0714. The van der Waals surface area contributed by atoms with E-state index in [1.54, 1.807) is 19.4 Å². The first-order valence-corrected chi connectivity index (χ1v) is 6.66. The Kier molecular flexibility index (Phi) is 3.47. The molecule has 0 bridgehead atoms. The smallest absolute Gasteiger partial charge is 0.254 e. The quantitative estimate of drug-likeness (QED) is 0.734. The van der Waals surface area contributed by atoms with Gasteiger partial charge in [0.2, 0.25) is 11.8 Å². The van der Waals surface area contributed by atoms with Crippen LogP contribution in [0.4, 0.5) is 0 Å². The maximum absolute atomic E-state index is 5.71.